The number of aryl methyl sites for hydroxylation is 1. The summed E-state index contributed by atoms with van der Waals surface area (Å²) in [4.78, 5) is 35.2. The number of carbonyl (C=O) groups excluding carboxylic acids is 3. The SMILES string of the molecule is O=C1CCc2cc(C(=O)COC(=O)/C=C/c3ccc(I)o3)ccc2N1. The number of furan rings is 1. The summed E-state index contributed by atoms with van der Waals surface area (Å²) in [5.74, 6) is -0.415. The van der Waals surface area contributed by atoms with Gasteiger partial charge in [-0.3, -0.25) is 9.59 Å². The monoisotopic (exact) mass is 451 g/mol. The van der Waals surface area contributed by atoms with Crippen LogP contribution in [-0.2, 0) is 20.7 Å². The lowest BCUT2D eigenvalue weighted by Crippen LogP contribution is -2.20. The molecule has 0 spiro atoms. The zero-order valence-corrected chi connectivity index (χ0v) is 15.2. The Morgan fingerprint density at radius 1 is 1.24 bits per heavy atom. The van der Waals surface area contributed by atoms with Crippen LogP contribution in [0, 0.1) is 3.77 Å². The van der Waals surface area contributed by atoms with Crippen molar-refractivity contribution in [2.24, 2.45) is 0 Å². The number of ketones is 1. The van der Waals surface area contributed by atoms with Crippen molar-refractivity contribution in [3.8, 4) is 0 Å². The number of anilines is 1. The fourth-order valence-electron chi connectivity index (χ4n) is 2.39. The lowest BCUT2D eigenvalue weighted by atomic mass is 9.99. The van der Waals surface area contributed by atoms with Gasteiger partial charge in [-0.05, 0) is 71.0 Å². The number of esters is 1. The molecular formula is C18H14INO5. The predicted octanol–water partition coefficient (Wildman–Crippen LogP) is 3.21. The molecule has 1 aliphatic heterocycles. The summed E-state index contributed by atoms with van der Waals surface area (Å²) >= 11 is 2.02. The van der Waals surface area contributed by atoms with E-state index in [0.717, 1.165) is 11.3 Å². The van der Waals surface area contributed by atoms with Crippen LogP contribution in [0.1, 0.15) is 28.1 Å². The molecule has 0 saturated heterocycles. The largest absolute Gasteiger partial charge is 0.454 e. The van der Waals surface area contributed by atoms with Crippen molar-refractivity contribution in [2.45, 2.75) is 12.8 Å². The van der Waals surface area contributed by atoms with Crippen molar-refractivity contribution in [1.29, 1.82) is 0 Å². The maximum Gasteiger partial charge on any atom is 0.331 e. The first-order valence-electron chi connectivity index (χ1n) is 7.57. The minimum Gasteiger partial charge on any atom is -0.454 e. The molecule has 2 heterocycles. The summed E-state index contributed by atoms with van der Waals surface area (Å²) in [5.41, 5.74) is 2.08. The van der Waals surface area contributed by atoms with E-state index in [0.29, 0.717) is 27.9 Å². The number of fused-ring (bicyclic) bond motifs is 1. The molecule has 0 fully saturated rings. The number of carbonyl (C=O) groups is 3. The highest BCUT2D eigenvalue weighted by Crippen LogP contribution is 2.23. The van der Waals surface area contributed by atoms with Gasteiger partial charge < -0.3 is 14.5 Å². The second-order valence-corrected chi connectivity index (χ2v) is 6.49. The van der Waals surface area contributed by atoms with Gasteiger partial charge in [0.05, 0.1) is 0 Å². The van der Waals surface area contributed by atoms with Crippen LogP contribution in [-0.4, -0.2) is 24.3 Å². The maximum atomic E-state index is 12.2. The van der Waals surface area contributed by atoms with Crippen molar-refractivity contribution in [3.05, 3.63) is 57.1 Å². The lowest BCUT2D eigenvalue weighted by Gasteiger charge is -2.17. The number of hydrogen-bond donors (Lipinski definition) is 1. The van der Waals surface area contributed by atoms with Gasteiger partial charge in [-0.15, -0.1) is 0 Å². The Hall–Kier alpha value is -2.42. The summed E-state index contributed by atoms with van der Waals surface area (Å²) in [6, 6.07) is 8.53. The van der Waals surface area contributed by atoms with E-state index >= 15 is 0 Å². The number of nitrogens with one attached hydrogen (secondary N) is 1. The van der Waals surface area contributed by atoms with E-state index in [2.05, 4.69) is 5.32 Å². The quantitative estimate of drug-likeness (QED) is 0.327. The van der Waals surface area contributed by atoms with Crippen LogP contribution in [0.4, 0.5) is 5.69 Å². The second kappa shape index (κ2) is 7.64. The molecule has 0 saturated carbocycles. The molecule has 1 aromatic heterocycles. The fraction of sp³-hybridized carbons (Fsp3) is 0.167. The Kier molecular flexibility index (Phi) is 5.32. The van der Waals surface area contributed by atoms with Crippen LogP contribution in [0.3, 0.4) is 0 Å². The zero-order valence-electron chi connectivity index (χ0n) is 13.1. The van der Waals surface area contributed by atoms with Crippen LogP contribution in [0.2, 0.25) is 0 Å². The Morgan fingerprint density at radius 3 is 2.84 bits per heavy atom. The van der Waals surface area contributed by atoms with E-state index in [-0.39, 0.29) is 18.3 Å². The lowest BCUT2D eigenvalue weighted by molar-refractivity contribution is -0.136. The molecule has 1 N–H and O–H groups in total. The Balaban J connectivity index is 1.56. The predicted molar refractivity (Wildman–Crippen MR) is 99.1 cm³/mol. The average molecular weight is 451 g/mol. The third-order valence-electron chi connectivity index (χ3n) is 3.65. The van der Waals surface area contributed by atoms with Crippen molar-refractivity contribution < 1.29 is 23.5 Å². The van der Waals surface area contributed by atoms with Crippen LogP contribution in [0.15, 0.2) is 40.8 Å². The minimum atomic E-state index is -0.620. The number of amides is 1. The van der Waals surface area contributed by atoms with Crippen molar-refractivity contribution in [1.82, 2.24) is 0 Å². The first-order chi connectivity index (χ1) is 12.0. The minimum absolute atomic E-state index is 0.0291. The third-order valence-corrected chi connectivity index (χ3v) is 4.23. The van der Waals surface area contributed by atoms with E-state index < -0.39 is 5.97 Å². The van der Waals surface area contributed by atoms with E-state index in [1.165, 1.54) is 12.2 Å². The van der Waals surface area contributed by atoms with E-state index in [1.807, 2.05) is 22.6 Å². The molecule has 0 bridgehead atoms. The van der Waals surface area contributed by atoms with Crippen molar-refractivity contribution in [3.63, 3.8) is 0 Å². The number of hydrogen-bond acceptors (Lipinski definition) is 5. The van der Waals surface area contributed by atoms with Crippen molar-refractivity contribution in [2.75, 3.05) is 11.9 Å². The first-order valence-corrected chi connectivity index (χ1v) is 8.65. The number of ether oxygens (including phenoxy) is 1. The maximum absolute atomic E-state index is 12.2. The van der Waals surface area contributed by atoms with Gasteiger partial charge in [-0.1, -0.05) is 0 Å². The molecule has 3 rings (SSSR count). The Bertz CT molecular complexity index is 868. The van der Waals surface area contributed by atoms with Gasteiger partial charge >= 0.3 is 5.97 Å². The molecule has 7 heteroatoms. The van der Waals surface area contributed by atoms with Crippen molar-refractivity contribution >= 4 is 52.0 Å². The van der Waals surface area contributed by atoms with Gasteiger partial charge in [0, 0.05) is 23.7 Å². The van der Waals surface area contributed by atoms with Crippen LogP contribution >= 0.6 is 22.6 Å². The van der Waals surface area contributed by atoms with Gasteiger partial charge in [0.2, 0.25) is 5.91 Å². The van der Waals surface area contributed by atoms with E-state index in [4.69, 9.17) is 9.15 Å². The topological polar surface area (TPSA) is 85.6 Å². The molecule has 128 valence electrons. The summed E-state index contributed by atoms with van der Waals surface area (Å²) in [6.45, 7) is -0.343. The number of Topliss-reactive ketones (excluding diaryl/α,β-unsaturated/α-hetero) is 1. The molecule has 1 aromatic carbocycles. The molecule has 1 amide bonds. The zero-order chi connectivity index (χ0) is 17.8. The molecule has 1 aliphatic rings. The van der Waals surface area contributed by atoms with E-state index in [1.54, 1.807) is 30.3 Å². The average Bonchev–Trinajstić information content (AvgIpc) is 3.02. The number of halogens is 1. The Labute approximate surface area is 157 Å². The smallest absolute Gasteiger partial charge is 0.331 e. The van der Waals surface area contributed by atoms with Gasteiger partial charge in [-0.2, -0.15) is 0 Å². The standard InChI is InChI=1S/C18H14INO5/c19-16-6-3-13(25-16)4-8-18(23)24-10-15(21)12-1-5-14-11(9-12)2-7-17(22)20-14/h1,3-6,8-9H,2,7,10H2,(H,20,22)/b8-4+. The molecule has 0 atom stereocenters. The van der Waals surface area contributed by atoms with E-state index in [9.17, 15) is 14.4 Å². The molecule has 0 radical (unpaired) electrons. The van der Waals surface area contributed by atoms with Gasteiger partial charge in [0.15, 0.2) is 16.2 Å². The van der Waals surface area contributed by atoms with Gasteiger partial charge in [0.1, 0.15) is 5.76 Å². The van der Waals surface area contributed by atoms with Crippen LogP contribution < -0.4 is 5.32 Å². The first kappa shape index (κ1) is 17.4. The number of rotatable bonds is 5. The van der Waals surface area contributed by atoms with Crippen LogP contribution in [0.5, 0.6) is 0 Å². The summed E-state index contributed by atoms with van der Waals surface area (Å²) < 4.78 is 11.0. The second-order valence-electron chi connectivity index (χ2n) is 5.43. The highest BCUT2D eigenvalue weighted by molar-refractivity contribution is 14.1. The summed E-state index contributed by atoms with van der Waals surface area (Å²) in [5, 5.41) is 2.76. The molecule has 25 heavy (non-hydrogen) atoms. The molecular weight excluding hydrogens is 437 g/mol. The third kappa shape index (κ3) is 4.56. The molecule has 0 unspecified atom stereocenters. The highest BCUT2D eigenvalue weighted by atomic mass is 127. The molecule has 2 aromatic rings. The van der Waals surface area contributed by atoms with Gasteiger partial charge in [-0.25, -0.2) is 4.79 Å². The summed E-state index contributed by atoms with van der Waals surface area (Å²) in [7, 11) is 0. The van der Waals surface area contributed by atoms with Crippen LogP contribution in [0.25, 0.3) is 6.08 Å². The number of benzene rings is 1. The molecule has 6 nitrogen and oxygen atoms in total. The normalized spacial score (nSPS) is 13.4. The molecule has 0 aliphatic carbocycles. The highest BCUT2D eigenvalue weighted by Gasteiger charge is 2.17. The fourth-order valence-corrected chi connectivity index (χ4v) is 2.83. The summed E-state index contributed by atoms with van der Waals surface area (Å²) in [6.07, 6.45) is 3.68. The Morgan fingerprint density at radius 2 is 2.08 bits per heavy atom. The van der Waals surface area contributed by atoms with Gasteiger partial charge in [0.25, 0.3) is 0 Å².